The smallest absolute Gasteiger partial charge is 0.159 e. The minimum Gasteiger partial charge on any atom is -0.393 e. The van der Waals surface area contributed by atoms with Crippen LogP contribution in [0.2, 0.25) is 5.02 Å². The van der Waals surface area contributed by atoms with Crippen LogP contribution in [0.25, 0.3) is 0 Å². The summed E-state index contributed by atoms with van der Waals surface area (Å²) in [5, 5.41) is 7.17. The van der Waals surface area contributed by atoms with Crippen LogP contribution in [0.3, 0.4) is 0 Å². The van der Waals surface area contributed by atoms with Gasteiger partial charge in [0.15, 0.2) is 11.6 Å². The van der Waals surface area contributed by atoms with E-state index in [4.69, 9.17) is 22.1 Å². The van der Waals surface area contributed by atoms with Crippen molar-refractivity contribution in [1.29, 1.82) is 0 Å². The molecule has 2 aromatic rings. The second-order valence-corrected chi connectivity index (χ2v) is 6.36. The van der Waals surface area contributed by atoms with E-state index in [1.165, 1.54) is 6.33 Å². The number of aryl methyl sites for hydroxylation is 1. The average molecular weight is 363 g/mol. The number of hydrogen-bond donors (Lipinski definition) is 3. The number of nitrogens with one attached hydrogen (secondary N) is 2. The van der Waals surface area contributed by atoms with E-state index in [2.05, 4.69) is 25.5 Å². The summed E-state index contributed by atoms with van der Waals surface area (Å²) >= 11 is 6.16. The molecule has 8 heteroatoms. The molecule has 0 spiro atoms. The van der Waals surface area contributed by atoms with Crippen molar-refractivity contribution in [3.05, 3.63) is 35.1 Å². The number of nitrogens with two attached hydrogens (primary N) is 1. The minimum absolute atomic E-state index is 0.487. The summed E-state index contributed by atoms with van der Waals surface area (Å²) in [6.07, 6.45) is 1.49. The quantitative estimate of drug-likeness (QED) is 0.727. The Kier molecular flexibility index (Phi) is 5.91. The number of halogens is 1. The maximum absolute atomic E-state index is 6.20. The van der Waals surface area contributed by atoms with Crippen molar-refractivity contribution in [3.8, 4) is 0 Å². The summed E-state index contributed by atoms with van der Waals surface area (Å²) in [5.41, 5.74) is 8.54. The van der Waals surface area contributed by atoms with E-state index in [0.29, 0.717) is 22.3 Å². The van der Waals surface area contributed by atoms with E-state index in [0.717, 1.165) is 50.6 Å². The van der Waals surface area contributed by atoms with Gasteiger partial charge in [0, 0.05) is 36.9 Å². The van der Waals surface area contributed by atoms with Crippen LogP contribution >= 0.6 is 11.6 Å². The second-order valence-electron chi connectivity index (χ2n) is 5.95. The van der Waals surface area contributed by atoms with Gasteiger partial charge in [0.1, 0.15) is 12.0 Å². The first kappa shape index (κ1) is 17.7. The van der Waals surface area contributed by atoms with Gasteiger partial charge in [-0.25, -0.2) is 9.97 Å². The van der Waals surface area contributed by atoms with Gasteiger partial charge in [0.05, 0.1) is 13.2 Å². The van der Waals surface area contributed by atoms with Gasteiger partial charge in [-0.1, -0.05) is 17.7 Å². The normalized spacial score (nSPS) is 15.1. The molecule has 0 radical (unpaired) electrons. The van der Waals surface area contributed by atoms with E-state index in [-0.39, 0.29) is 0 Å². The number of anilines is 4. The first-order valence-corrected chi connectivity index (χ1v) is 8.69. The van der Waals surface area contributed by atoms with Gasteiger partial charge in [-0.05, 0) is 24.6 Å². The van der Waals surface area contributed by atoms with Crippen molar-refractivity contribution < 1.29 is 4.74 Å². The first-order chi connectivity index (χ1) is 12.1. The maximum atomic E-state index is 6.20. The van der Waals surface area contributed by atoms with Crippen LogP contribution in [-0.4, -0.2) is 54.3 Å². The Morgan fingerprint density at radius 1 is 1.24 bits per heavy atom. The van der Waals surface area contributed by atoms with Gasteiger partial charge >= 0.3 is 0 Å². The Morgan fingerprint density at radius 3 is 2.76 bits per heavy atom. The molecule has 2 heterocycles. The molecule has 1 fully saturated rings. The molecule has 0 unspecified atom stereocenters. The van der Waals surface area contributed by atoms with Gasteiger partial charge in [0.2, 0.25) is 0 Å². The van der Waals surface area contributed by atoms with E-state index >= 15 is 0 Å². The zero-order valence-electron chi connectivity index (χ0n) is 14.3. The predicted octanol–water partition coefficient (Wildman–Crippen LogP) is 2.51. The fourth-order valence-corrected chi connectivity index (χ4v) is 2.78. The number of aromatic nitrogens is 2. The molecule has 0 bridgehead atoms. The minimum atomic E-state index is 0.487. The molecule has 0 saturated carbocycles. The number of rotatable bonds is 6. The Labute approximate surface area is 152 Å². The molecule has 1 aromatic heterocycles. The van der Waals surface area contributed by atoms with Crippen molar-refractivity contribution in [1.82, 2.24) is 14.9 Å². The molecule has 7 nitrogen and oxygen atoms in total. The van der Waals surface area contributed by atoms with Crippen LogP contribution < -0.4 is 16.4 Å². The Balaban J connectivity index is 1.61. The number of benzene rings is 1. The van der Waals surface area contributed by atoms with E-state index in [1.54, 1.807) is 0 Å². The van der Waals surface area contributed by atoms with Crippen LogP contribution in [-0.2, 0) is 4.74 Å². The molecule has 0 atom stereocenters. The number of morpholine rings is 1. The number of hydrogen-bond acceptors (Lipinski definition) is 7. The van der Waals surface area contributed by atoms with Gasteiger partial charge in [-0.3, -0.25) is 4.90 Å². The summed E-state index contributed by atoms with van der Waals surface area (Å²) in [6.45, 7) is 7.15. The summed E-state index contributed by atoms with van der Waals surface area (Å²) < 4.78 is 5.35. The molecule has 1 aliphatic rings. The molecule has 134 valence electrons. The standard InChI is InChI=1S/C17H23ClN6O/c1-12-2-3-13(10-14(12)18)23-17-15(19)16(21-11-22-17)20-4-5-24-6-8-25-9-7-24/h2-3,10-11H,4-9,19H2,1H3,(H2,20,21,22,23). The van der Waals surface area contributed by atoms with Crippen molar-refractivity contribution in [2.45, 2.75) is 6.92 Å². The van der Waals surface area contributed by atoms with Gasteiger partial charge in [-0.15, -0.1) is 0 Å². The third-order valence-corrected chi connectivity index (χ3v) is 4.55. The number of nitrogen functional groups attached to an aromatic ring is 1. The molecular weight excluding hydrogens is 340 g/mol. The third-order valence-electron chi connectivity index (χ3n) is 4.14. The molecule has 3 rings (SSSR count). The van der Waals surface area contributed by atoms with E-state index in [9.17, 15) is 0 Å². The van der Waals surface area contributed by atoms with E-state index < -0.39 is 0 Å². The molecule has 25 heavy (non-hydrogen) atoms. The van der Waals surface area contributed by atoms with Crippen LogP contribution in [0.15, 0.2) is 24.5 Å². The van der Waals surface area contributed by atoms with Crippen LogP contribution in [0.5, 0.6) is 0 Å². The molecule has 4 N–H and O–H groups in total. The third kappa shape index (κ3) is 4.72. The lowest BCUT2D eigenvalue weighted by molar-refractivity contribution is 0.0398. The molecule has 1 aromatic carbocycles. The first-order valence-electron chi connectivity index (χ1n) is 8.31. The Bertz CT molecular complexity index is 720. The second kappa shape index (κ2) is 8.33. The van der Waals surface area contributed by atoms with Crippen molar-refractivity contribution in [2.75, 3.05) is 55.8 Å². The topological polar surface area (TPSA) is 88.3 Å². The average Bonchev–Trinajstić information content (AvgIpc) is 2.62. The molecule has 1 aliphatic heterocycles. The zero-order valence-corrected chi connectivity index (χ0v) is 15.0. The van der Waals surface area contributed by atoms with E-state index in [1.807, 2.05) is 25.1 Å². The molecule has 0 amide bonds. The number of ether oxygens (including phenoxy) is 1. The molecule has 0 aliphatic carbocycles. The van der Waals surface area contributed by atoms with Gasteiger partial charge < -0.3 is 21.1 Å². The Morgan fingerprint density at radius 2 is 2.00 bits per heavy atom. The molecular formula is C17H23ClN6O. The van der Waals surface area contributed by atoms with Gasteiger partial charge in [-0.2, -0.15) is 0 Å². The fraction of sp³-hybridized carbons (Fsp3) is 0.412. The largest absolute Gasteiger partial charge is 0.393 e. The fourth-order valence-electron chi connectivity index (χ4n) is 2.60. The van der Waals surface area contributed by atoms with Gasteiger partial charge in [0.25, 0.3) is 0 Å². The van der Waals surface area contributed by atoms with Crippen molar-refractivity contribution in [3.63, 3.8) is 0 Å². The highest BCUT2D eigenvalue weighted by Gasteiger charge is 2.12. The monoisotopic (exact) mass is 362 g/mol. The predicted molar refractivity (Wildman–Crippen MR) is 102 cm³/mol. The number of nitrogens with zero attached hydrogens (tertiary/aromatic N) is 3. The SMILES string of the molecule is Cc1ccc(Nc2ncnc(NCCN3CCOCC3)c2N)cc1Cl. The lowest BCUT2D eigenvalue weighted by atomic mass is 10.2. The van der Waals surface area contributed by atoms with Crippen LogP contribution in [0, 0.1) is 6.92 Å². The highest BCUT2D eigenvalue weighted by molar-refractivity contribution is 6.31. The zero-order chi connectivity index (χ0) is 17.6. The summed E-state index contributed by atoms with van der Waals surface area (Å²) in [5.74, 6) is 1.19. The van der Waals surface area contributed by atoms with Crippen molar-refractivity contribution in [2.24, 2.45) is 0 Å². The lowest BCUT2D eigenvalue weighted by Crippen LogP contribution is -2.39. The highest BCUT2D eigenvalue weighted by Crippen LogP contribution is 2.27. The summed E-state index contributed by atoms with van der Waals surface area (Å²) in [6, 6.07) is 5.74. The molecule has 1 saturated heterocycles. The van der Waals surface area contributed by atoms with Crippen LogP contribution in [0.4, 0.5) is 23.0 Å². The maximum Gasteiger partial charge on any atom is 0.159 e. The lowest BCUT2D eigenvalue weighted by Gasteiger charge is -2.26. The van der Waals surface area contributed by atoms with Crippen molar-refractivity contribution >= 4 is 34.6 Å². The summed E-state index contributed by atoms with van der Waals surface area (Å²) in [7, 11) is 0. The highest BCUT2D eigenvalue weighted by atomic mass is 35.5. The Hall–Kier alpha value is -2.09. The summed E-state index contributed by atoms with van der Waals surface area (Å²) in [4.78, 5) is 10.8. The van der Waals surface area contributed by atoms with Crippen LogP contribution in [0.1, 0.15) is 5.56 Å².